The van der Waals surface area contributed by atoms with Gasteiger partial charge in [-0.3, -0.25) is 4.57 Å². The lowest BCUT2D eigenvalue weighted by Crippen LogP contribution is -2.01. The van der Waals surface area contributed by atoms with Crippen LogP contribution in [0.2, 0.25) is 0 Å². The Labute approximate surface area is 65.4 Å². The van der Waals surface area contributed by atoms with Crippen molar-refractivity contribution in [3.8, 4) is 0 Å². The van der Waals surface area contributed by atoms with Crippen LogP contribution in [0.1, 0.15) is 20.3 Å². The maximum Gasteiger partial charge on any atom is 0.338 e. The van der Waals surface area contributed by atoms with Crippen molar-refractivity contribution in [2.24, 2.45) is 0 Å². The van der Waals surface area contributed by atoms with Crippen LogP contribution in [0.15, 0.2) is 0 Å². The molecule has 0 rings (SSSR count). The SMILES string of the molecule is CCSC(CC)P(=O)(O)O. The van der Waals surface area contributed by atoms with Crippen molar-refractivity contribution >= 4 is 19.4 Å². The van der Waals surface area contributed by atoms with E-state index in [9.17, 15) is 4.57 Å². The highest BCUT2D eigenvalue weighted by Crippen LogP contribution is 2.48. The van der Waals surface area contributed by atoms with Gasteiger partial charge in [0.25, 0.3) is 0 Å². The molecule has 3 nitrogen and oxygen atoms in total. The fourth-order valence-electron chi connectivity index (χ4n) is 0.645. The van der Waals surface area contributed by atoms with Crippen LogP contribution in [-0.4, -0.2) is 20.5 Å². The molecule has 0 bridgehead atoms. The molecule has 0 fully saturated rings. The summed E-state index contributed by atoms with van der Waals surface area (Å²) in [6.07, 6.45) is 0.531. The molecule has 0 aliphatic rings. The summed E-state index contributed by atoms with van der Waals surface area (Å²) in [4.78, 5) is 16.9. The fraction of sp³-hybridized carbons (Fsp3) is 1.00. The van der Waals surface area contributed by atoms with Gasteiger partial charge in [-0.05, 0) is 12.2 Å². The summed E-state index contributed by atoms with van der Waals surface area (Å²) in [6, 6.07) is 0. The van der Waals surface area contributed by atoms with Crippen LogP contribution in [0.3, 0.4) is 0 Å². The third kappa shape index (κ3) is 3.62. The molecule has 0 saturated carbocycles. The van der Waals surface area contributed by atoms with Crippen molar-refractivity contribution in [1.29, 1.82) is 0 Å². The zero-order valence-corrected chi connectivity index (χ0v) is 7.86. The van der Waals surface area contributed by atoms with Gasteiger partial charge in [-0.25, -0.2) is 0 Å². The fourth-order valence-corrected chi connectivity index (χ4v) is 2.97. The van der Waals surface area contributed by atoms with Crippen molar-refractivity contribution in [1.82, 2.24) is 0 Å². The van der Waals surface area contributed by atoms with Crippen LogP contribution in [0.4, 0.5) is 0 Å². The van der Waals surface area contributed by atoms with E-state index in [1.165, 1.54) is 11.8 Å². The third-order valence-electron chi connectivity index (χ3n) is 1.08. The van der Waals surface area contributed by atoms with Gasteiger partial charge in [-0.2, -0.15) is 0 Å². The van der Waals surface area contributed by atoms with Gasteiger partial charge in [0.1, 0.15) is 4.99 Å². The van der Waals surface area contributed by atoms with Crippen molar-refractivity contribution in [3.63, 3.8) is 0 Å². The largest absolute Gasteiger partial charge is 0.338 e. The van der Waals surface area contributed by atoms with E-state index in [2.05, 4.69) is 0 Å². The van der Waals surface area contributed by atoms with E-state index in [0.717, 1.165) is 5.75 Å². The van der Waals surface area contributed by atoms with Gasteiger partial charge in [0.15, 0.2) is 0 Å². The Morgan fingerprint density at radius 2 is 2.00 bits per heavy atom. The summed E-state index contributed by atoms with van der Waals surface area (Å²) >= 11 is 1.32. The molecule has 0 aliphatic heterocycles. The summed E-state index contributed by atoms with van der Waals surface area (Å²) in [7, 11) is -3.83. The first-order valence-corrected chi connectivity index (χ1v) is 5.92. The highest BCUT2D eigenvalue weighted by atomic mass is 32.2. The minimum Gasteiger partial charge on any atom is -0.324 e. The van der Waals surface area contributed by atoms with Gasteiger partial charge in [-0.1, -0.05) is 13.8 Å². The summed E-state index contributed by atoms with van der Waals surface area (Å²) in [5, 5.41) is 0. The summed E-state index contributed by atoms with van der Waals surface area (Å²) < 4.78 is 10.6. The molecular weight excluding hydrogens is 171 g/mol. The molecular formula is C5H13O3PS. The van der Waals surface area contributed by atoms with E-state index < -0.39 is 12.6 Å². The van der Waals surface area contributed by atoms with Crippen molar-refractivity contribution in [3.05, 3.63) is 0 Å². The minimum atomic E-state index is -3.83. The van der Waals surface area contributed by atoms with Gasteiger partial charge in [0, 0.05) is 0 Å². The first-order chi connectivity index (χ1) is 4.52. The zero-order chi connectivity index (χ0) is 8.20. The van der Waals surface area contributed by atoms with Crippen LogP contribution in [0.25, 0.3) is 0 Å². The molecule has 1 atom stereocenters. The summed E-state index contributed by atoms with van der Waals surface area (Å²) in [5.41, 5.74) is 0. The number of hydrogen-bond acceptors (Lipinski definition) is 2. The second-order valence-electron chi connectivity index (χ2n) is 1.91. The van der Waals surface area contributed by atoms with E-state index in [1.807, 2.05) is 6.92 Å². The van der Waals surface area contributed by atoms with Crippen LogP contribution >= 0.6 is 19.4 Å². The molecule has 0 radical (unpaired) electrons. The average Bonchev–Trinajstić information content (AvgIpc) is 1.80. The predicted octanol–water partition coefficient (Wildman–Crippen LogP) is 1.65. The van der Waals surface area contributed by atoms with E-state index in [1.54, 1.807) is 6.92 Å². The molecule has 0 spiro atoms. The van der Waals surface area contributed by atoms with Crippen LogP contribution < -0.4 is 0 Å². The van der Waals surface area contributed by atoms with Crippen molar-refractivity contribution < 1.29 is 14.4 Å². The molecule has 62 valence electrons. The molecule has 0 aromatic carbocycles. The zero-order valence-electron chi connectivity index (χ0n) is 6.15. The van der Waals surface area contributed by atoms with Crippen molar-refractivity contribution in [2.45, 2.75) is 25.3 Å². The molecule has 0 amide bonds. The third-order valence-corrected chi connectivity index (χ3v) is 4.52. The molecule has 0 aromatic heterocycles. The number of hydrogen-bond donors (Lipinski definition) is 2. The quantitative estimate of drug-likeness (QED) is 0.652. The first-order valence-electron chi connectivity index (χ1n) is 3.19. The van der Waals surface area contributed by atoms with E-state index in [-0.39, 0.29) is 0 Å². The maximum atomic E-state index is 10.6. The van der Waals surface area contributed by atoms with E-state index in [0.29, 0.717) is 6.42 Å². The highest BCUT2D eigenvalue weighted by Gasteiger charge is 2.26. The molecule has 2 N–H and O–H groups in total. The average molecular weight is 184 g/mol. The normalized spacial score (nSPS) is 15.2. The van der Waals surface area contributed by atoms with E-state index in [4.69, 9.17) is 9.79 Å². The highest BCUT2D eigenvalue weighted by molar-refractivity contribution is 8.05. The Hall–Kier alpha value is 0.500. The smallest absolute Gasteiger partial charge is 0.324 e. The van der Waals surface area contributed by atoms with Gasteiger partial charge in [0.2, 0.25) is 0 Å². The first kappa shape index (κ1) is 10.5. The Bertz CT molecular complexity index is 133. The summed E-state index contributed by atoms with van der Waals surface area (Å²) in [5.74, 6) is 0.754. The van der Waals surface area contributed by atoms with E-state index >= 15 is 0 Å². The van der Waals surface area contributed by atoms with Gasteiger partial charge in [-0.15, -0.1) is 11.8 Å². The summed E-state index contributed by atoms with van der Waals surface area (Å²) in [6.45, 7) is 3.68. The second kappa shape index (κ2) is 4.39. The Kier molecular flexibility index (Phi) is 4.61. The monoisotopic (exact) mass is 184 g/mol. The second-order valence-corrected chi connectivity index (χ2v) is 5.54. The molecule has 0 saturated heterocycles. The molecule has 0 heterocycles. The lowest BCUT2D eigenvalue weighted by molar-refractivity contribution is 0.369. The van der Waals surface area contributed by atoms with Gasteiger partial charge >= 0.3 is 7.60 Å². The molecule has 0 aromatic rings. The Morgan fingerprint density at radius 3 is 2.10 bits per heavy atom. The minimum absolute atomic E-state index is 0.502. The van der Waals surface area contributed by atoms with Gasteiger partial charge in [0.05, 0.1) is 0 Å². The Morgan fingerprint density at radius 1 is 1.50 bits per heavy atom. The van der Waals surface area contributed by atoms with Crippen LogP contribution in [0, 0.1) is 0 Å². The maximum absolute atomic E-state index is 10.6. The number of rotatable bonds is 4. The number of thioether (sulfide) groups is 1. The molecule has 1 unspecified atom stereocenters. The lowest BCUT2D eigenvalue weighted by atomic mass is 10.6. The standard InChI is InChI=1S/C5H13O3PS/c1-3-5(10-4-2)9(6,7)8/h5H,3-4H2,1-2H3,(H2,6,7,8). The molecule has 0 aliphatic carbocycles. The molecule has 10 heavy (non-hydrogen) atoms. The van der Waals surface area contributed by atoms with Crippen molar-refractivity contribution in [2.75, 3.05) is 5.75 Å². The van der Waals surface area contributed by atoms with Crippen LogP contribution in [-0.2, 0) is 4.57 Å². The molecule has 5 heteroatoms. The topological polar surface area (TPSA) is 57.5 Å². The Balaban J connectivity index is 3.94. The van der Waals surface area contributed by atoms with Crippen LogP contribution in [0.5, 0.6) is 0 Å². The predicted molar refractivity (Wildman–Crippen MR) is 44.3 cm³/mol. The van der Waals surface area contributed by atoms with Gasteiger partial charge < -0.3 is 9.79 Å². The lowest BCUT2D eigenvalue weighted by Gasteiger charge is -2.14.